The number of anilines is 1. The number of amides is 1. The standard InChI is InChI=1S/C21H22N2O2/c1-23(20-9-5-7-17-6-3-4-8-19(17)20)15-21(24)22-14-16-10-12-18(25-2)13-11-16/h3-13H,14-15H2,1-2H3,(H,22,24). The lowest BCUT2D eigenvalue weighted by Gasteiger charge is -2.20. The van der Waals surface area contributed by atoms with E-state index in [1.54, 1.807) is 7.11 Å². The van der Waals surface area contributed by atoms with Gasteiger partial charge in [-0.3, -0.25) is 4.79 Å². The van der Waals surface area contributed by atoms with Gasteiger partial charge in [0.15, 0.2) is 0 Å². The Morgan fingerprint density at radius 2 is 1.72 bits per heavy atom. The first-order valence-corrected chi connectivity index (χ1v) is 8.26. The summed E-state index contributed by atoms with van der Waals surface area (Å²) in [6.07, 6.45) is 0. The maximum absolute atomic E-state index is 12.3. The minimum Gasteiger partial charge on any atom is -0.497 e. The number of methoxy groups -OCH3 is 1. The van der Waals surface area contributed by atoms with Crippen molar-refractivity contribution in [3.63, 3.8) is 0 Å². The van der Waals surface area contributed by atoms with Crippen LogP contribution < -0.4 is 15.0 Å². The molecule has 4 heteroatoms. The maximum atomic E-state index is 12.3. The average molecular weight is 334 g/mol. The summed E-state index contributed by atoms with van der Waals surface area (Å²) in [5.74, 6) is 0.803. The first-order chi connectivity index (χ1) is 12.2. The molecule has 0 fully saturated rings. The minimum absolute atomic E-state index is 0.00810. The van der Waals surface area contributed by atoms with E-state index in [2.05, 4.69) is 23.5 Å². The fraction of sp³-hybridized carbons (Fsp3) is 0.190. The highest BCUT2D eigenvalue weighted by Gasteiger charge is 2.10. The van der Waals surface area contributed by atoms with Crippen LogP contribution in [0.1, 0.15) is 5.56 Å². The zero-order valence-corrected chi connectivity index (χ0v) is 14.5. The lowest BCUT2D eigenvalue weighted by Crippen LogP contribution is -2.34. The molecule has 0 saturated heterocycles. The Kier molecular flexibility index (Phi) is 5.19. The first-order valence-electron chi connectivity index (χ1n) is 8.26. The Morgan fingerprint density at radius 1 is 1.00 bits per heavy atom. The number of hydrogen-bond acceptors (Lipinski definition) is 3. The fourth-order valence-electron chi connectivity index (χ4n) is 2.84. The first kappa shape index (κ1) is 16.8. The van der Waals surface area contributed by atoms with Gasteiger partial charge >= 0.3 is 0 Å². The molecule has 1 amide bonds. The lowest BCUT2D eigenvalue weighted by atomic mass is 10.1. The third-order valence-electron chi connectivity index (χ3n) is 4.21. The van der Waals surface area contributed by atoms with Crippen molar-refractivity contribution in [2.24, 2.45) is 0 Å². The predicted molar refractivity (Wildman–Crippen MR) is 102 cm³/mol. The number of nitrogens with one attached hydrogen (secondary N) is 1. The van der Waals surface area contributed by atoms with Crippen LogP contribution in [-0.2, 0) is 11.3 Å². The number of fused-ring (bicyclic) bond motifs is 1. The second kappa shape index (κ2) is 7.71. The Hall–Kier alpha value is -3.01. The molecule has 25 heavy (non-hydrogen) atoms. The highest BCUT2D eigenvalue weighted by Crippen LogP contribution is 2.25. The highest BCUT2D eigenvalue weighted by molar-refractivity contribution is 5.95. The number of carbonyl (C=O) groups is 1. The summed E-state index contributed by atoms with van der Waals surface area (Å²) in [7, 11) is 3.58. The normalized spacial score (nSPS) is 10.5. The van der Waals surface area contributed by atoms with Gasteiger partial charge in [-0.2, -0.15) is 0 Å². The number of carbonyl (C=O) groups excluding carboxylic acids is 1. The number of nitrogens with zero attached hydrogens (tertiary/aromatic N) is 1. The summed E-state index contributed by atoms with van der Waals surface area (Å²) in [6, 6.07) is 22.0. The summed E-state index contributed by atoms with van der Waals surface area (Å²) in [4.78, 5) is 14.3. The second-order valence-corrected chi connectivity index (χ2v) is 5.98. The summed E-state index contributed by atoms with van der Waals surface area (Å²) >= 11 is 0. The summed E-state index contributed by atoms with van der Waals surface area (Å²) in [6.45, 7) is 0.816. The molecule has 3 aromatic rings. The number of ether oxygens (including phenoxy) is 1. The third kappa shape index (κ3) is 4.10. The molecule has 128 valence electrons. The maximum Gasteiger partial charge on any atom is 0.239 e. The quantitative estimate of drug-likeness (QED) is 0.749. The van der Waals surface area contributed by atoms with Crippen molar-refractivity contribution in [3.8, 4) is 5.75 Å². The molecular formula is C21H22N2O2. The van der Waals surface area contributed by atoms with Gasteiger partial charge in [-0.05, 0) is 29.1 Å². The van der Waals surface area contributed by atoms with Crippen LogP contribution in [0.3, 0.4) is 0 Å². The second-order valence-electron chi connectivity index (χ2n) is 5.98. The van der Waals surface area contributed by atoms with Gasteiger partial charge in [-0.15, -0.1) is 0 Å². The molecule has 0 aliphatic carbocycles. The van der Waals surface area contributed by atoms with E-state index < -0.39 is 0 Å². The molecule has 0 aromatic heterocycles. The van der Waals surface area contributed by atoms with Crippen LogP contribution in [0.4, 0.5) is 5.69 Å². The molecule has 0 radical (unpaired) electrons. The largest absolute Gasteiger partial charge is 0.497 e. The Labute approximate surface area is 148 Å². The molecular weight excluding hydrogens is 312 g/mol. The van der Waals surface area contributed by atoms with Crippen LogP contribution in [-0.4, -0.2) is 26.6 Å². The summed E-state index contributed by atoms with van der Waals surface area (Å²) in [5.41, 5.74) is 2.10. The van der Waals surface area contributed by atoms with Crippen molar-refractivity contribution in [2.45, 2.75) is 6.54 Å². The Morgan fingerprint density at radius 3 is 2.48 bits per heavy atom. The van der Waals surface area contributed by atoms with Crippen molar-refractivity contribution in [3.05, 3.63) is 72.3 Å². The molecule has 0 bridgehead atoms. The molecule has 3 rings (SSSR count). The third-order valence-corrected chi connectivity index (χ3v) is 4.21. The molecule has 0 spiro atoms. The van der Waals surface area contributed by atoms with E-state index in [4.69, 9.17) is 4.74 Å². The number of rotatable bonds is 6. The molecule has 0 aliphatic rings. The van der Waals surface area contributed by atoms with E-state index in [1.165, 1.54) is 5.39 Å². The molecule has 3 aromatic carbocycles. The highest BCUT2D eigenvalue weighted by atomic mass is 16.5. The predicted octanol–water partition coefficient (Wildman–Crippen LogP) is 3.60. The van der Waals surface area contributed by atoms with Gasteiger partial charge < -0.3 is 15.0 Å². The number of likely N-dealkylation sites (N-methyl/N-ethyl adjacent to an activating group) is 1. The van der Waals surface area contributed by atoms with Crippen LogP contribution >= 0.6 is 0 Å². The number of benzene rings is 3. The van der Waals surface area contributed by atoms with Gasteiger partial charge in [0, 0.05) is 24.7 Å². The lowest BCUT2D eigenvalue weighted by molar-refractivity contribution is -0.119. The van der Waals surface area contributed by atoms with E-state index in [-0.39, 0.29) is 5.91 Å². The Bertz CT molecular complexity index is 854. The molecule has 0 unspecified atom stereocenters. The van der Waals surface area contributed by atoms with Gasteiger partial charge in [-0.1, -0.05) is 48.5 Å². The molecule has 4 nitrogen and oxygen atoms in total. The van der Waals surface area contributed by atoms with Crippen LogP contribution in [0, 0.1) is 0 Å². The van der Waals surface area contributed by atoms with Crippen molar-refractivity contribution in [1.82, 2.24) is 5.32 Å². The smallest absolute Gasteiger partial charge is 0.239 e. The topological polar surface area (TPSA) is 41.6 Å². The van der Waals surface area contributed by atoms with Crippen molar-refractivity contribution in [2.75, 3.05) is 25.6 Å². The van der Waals surface area contributed by atoms with Crippen LogP contribution in [0.2, 0.25) is 0 Å². The van der Waals surface area contributed by atoms with Gasteiger partial charge in [0.25, 0.3) is 0 Å². The zero-order valence-electron chi connectivity index (χ0n) is 14.5. The van der Waals surface area contributed by atoms with E-state index >= 15 is 0 Å². The molecule has 0 aliphatic heterocycles. The number of hydrogen-bond donors (Lipinski definition) is 1. The Balaban J connectivity index is 1.61. The zero-order chi connectivity index (χ0) is 17.6. The molecule has 0 heterocycles. The van der Waals surface area contributed by atoms with E-state index in [0.717, 1.165) is 22.4 Å². The fourth-order valence-corrected chi connectivity index (χ4v) is 2.84. The van der Waals surface area contributed by atoms with Crippen LogP contribution in [0.25, 0.3) is 10.8 Å². The van der Waals surface area contributed by atoms with Crippen molar-refractivity contribution >= 4 is 22.4 Å². The van der Waals surface area contributed by atoms with Crippen molar-refractivity contribution in [1.29, 1.82) is 0 Å². The van der Waals surface area contributed by atoms with Crippen LogP contribution in [0.5, 0.6) is 5.75 Å². The average Bonchev–Trinajstić information content (AvgIpc) is 2.66. The van der Waals surface area contributed by atoms with Gasteiger partial charge in [0.05, 0.1) is 13.7 Å². The molecule has 1 N–H and O–H groups in total. The monoisotopic (exact) mass is 334 g/mol. The van der Waals surface area contributed by atoms with Gasteiger partial charge in [0.2, 0.25) is 5.91 Å². The van der Waals surface area contributed by atoms with Crippen molar-refractivity contribution < 1.29 is 9.53 Å². The minimum atomic E-state index is -0.00810. The molecule has 0 atom stereocenters. The van der Waals surface area contributed by atoms with E-state index in [9.17, 15) is 4.79 Å². The van der Waals surface area contributed by atoms with Gasteiger partial charge in [0.1, 0.15) is 5.75 Å². The summed E-state index contributed by atoms with van der Waals surface area (Å²) in [5, 5.41) is 5.28. The van der Waals surface area contributed by atoms with E-state index in [1.807, 2.05) is 60.5 Å². The SMILES string of the molecule is COc1ccc(CNC(=O)CN(C)c2cccc3ccccc23)cc1. The summed E-state index contributed by atoms with van der Waals surface area (Å²) < 4.78 is 5.14. The molecule has 0 saturated carbocycles. The van der Waals surface area contributed by atoms with Crippen LogP contribution in [0.15, 0.2) is 66.7 Å². The van der Waals surface area contributed by atoms with Gasteiger partial charge in [-0.25, -0.2) is 0 Å². The van der Waals surface area contributed by atoms with E-state index in [0.29, 0.717) is 13.1 Å².